The maximum atomic E-state index is 12.4. The first kappa shape index (κ1) is 15.0. The number of morpholine rings is 1. The van der Waals surface area contributed by atoms with Gasteiger partial charge in [-0.3, -0.25) is 0 Å². The fourth-order valence-corrected chi connectivity index (χ4v) is 4.02. The fourth-order valence-electron chi connectivity index (χ4n) is 1.69. The predicted molar refractivity (Wildman–Crippen MR) is 67.5 cm³/mol. The Morgan fingerprint density at radius 1 is 1.60 bits per heavy atom. The number of nitriles is 1. The van der Waals surface area contributed by atoms with Crippen LogP contribution in [0.2, 0.25) is 0 Å². The fraction of sp³-hybridized carbons (Fsp3) is 0.400. The molecule has 0 radical (unpaired) electrons. The Labute approximate surface area is 122 Å². The number of hydrogen-bond acceptors (Lipinski definition) is 6. The summed E-state index contributed by atoms with van der Waals surface area (Å²) in [6.07, 6.45) is -0.844. The zero-order valence-electron chi connectivity index (χ0n) is 9.95. The summed E-state index contributed by atoms with van der Waals surface area (Å²) in [4.78, 5) is 10.5. The van der Waals surface area contributed by atoms with Crippen molar-refractivity contribution in [1.29, 1.82) is 5.26 Å². The molecule has 1 aromatic rings. The van der Waals surface area contributed by atoms with Gasteiger partial charge in [-0.2, -0.15) is 9.57 Å². The highest BCUT2D eigenvalue weighted by atomic mass is 79.9. The number of carboxylic acid groups (broad SMARTS) is 1. The van der Waals surface area contributed by atoms with Crippen LogP contribution in [0.15, 0.2) is 20.0 Å². The third-order valence-electron chi connectivity index (χ3n) is 2.66. The average Bonchev–Trinajstić information content (AvgIpc) is 2.82. The van der Waals surface area contributed by atoms with E-state index in [1.807, 2.05) is 6.07 Å². The maximum Gasteiger partial charge on any atom is 0.371 e. The second-order valence-corrected chi connectivity index (χ2v) is 6.53. The minimum absolute atomic E-state index is 0.0839. The molecule has 1 saturated heterocycles. The molecule has 1 aromatic heterocycles. The molecule has 108 valence electrons. The van der Waals surface area contributed by atoms with E-state index in [-0.39, 0.29) is 29.3 Å². The number of rotatable bonds is 3. The van der Waals surface area contributed by atoms with Crippen molar-refractivity contribution < 1.29 is 27.5 Å². The summed E-state index contributed by atoms with van der Waals surface area (Å²) >= 11 is 2.89. The Balaban J connectivity index is 2.35. The van der Waals surface area contributed by atoms with Crippen LogP contribution >= 0.6 is 15.9 Å². The monoisotopic (exact) mass is 364 g/mol. The molecule has 1 aliphatic heterocycles. The van der Waals surface area contributed by atoms with E-state index in [4.69, 9.17) is 19.5 Å². The van der Waals surface area contributed by atoms with Gasteiger partial charge in [0.2, 0.25) is 15.8 Å². The molecule has 1 aliphatic rings. The summed E-state index contributed by atoms with van der Waals surface area (Å²) in [6.45, 7) is 0.0676. The number of furan rings is 1. The van der Waals surface area contributed by atoms with Gasteiger partial charge < -0.3 is 14.3 Å². The Bertz CT molecular complexity index is 676. The van der Waals surface area contributed by atoms with Crippen LogP contribution in [-0.2, 0) is 14.8 Å². The number of sulfonamides is 1. The number of ether oxygens (including phenoxy) is 1. The van der Waals surface area contributed by atoms with Crippen molar-refractivity contribution in [3.63, 3.8) is 0 Å². The number of halogens is 1. The summed E-state index contributed by atoms with van der Waals surface area (Å²) in [7, 11) is -3.95. The lowest BCUT2D eigenvalue weighted by Gasteiger charge is -2.28. The lowest BCUT2D eigenvalue weighted by Crippen LogP contribution is -2.45. The summed E-state index contributed by atoms with van der Waals surface area (Å²) in [5.74, 6) is -1.86. The van der Waals surface area contributed by atoms with Gasteiger partial charge in [-0.05, 0) is 15.9 Å². The molecule has 0 amide bonds. The standard InChI is InChI=1S/C10H9BrN2O6S/c11-9-8(3-7(19-9)10(14)15)20(16,17)13-1-2-18-6(4-12)5-13/h3,6H,1-2,5H2,(H,14,15). The quantitative estimate of drug-likeness (QED) is 0.835. The van der Waals surface area contributed by atoms with Crippen molar-refractivity contribution in [3.05, 3.63) is 16.5 Å². The van der Waals surface area contributed by atoms with Crippen LogP contribution < -0.4 is 0 Å². The highest BCUT2D eigenvalue weighted by Gasteiger charge is 2.34. The average molecular weight is 365 g/mol. The molecule has 0 aromatic carbocycles. The Hall–Kier alpha value is -1.41. The molecule has 2 heterocycles. The van der Waals surface area contributed by atoms with Crippen molar-refractivity contribution in [2.45, 2.75) is 11.0 Å². The van der Waals surface area contributed by atoms with E-state index in [0.717, 1.165) is 10.4 Å². The van der Waals surface area contributed by atoms with Gasteiger partial charge in [0.15, 0.2) is 10.8 Å². The molecule has 20 heavy (non-hydrogen) atoms. The topological polar surface area (TPSA) is 121 Å². The van der Waals surface area contributed by atoms with E-state index in [9.17, 15) is 13.2 Å². The molecule has 0 saturated carbocycles. The highest BCUT2D eigenvalue weighted by Crippen LogP contribution is 2.29. The van der Waals surface area contributed by atoms with Crippen LogP contribution in [0.1, 0.15) is 10.6 Å². The van der Waals surface area contributed by atoms with Gasteiger partial charge in [-0.1, -0.05) is 0 Å². The first-order chi connectivity index (χ1) is 9.36. The van der Waals surface area contributed by atoms with E-state index in [1.54, 1.807) is 0 Å². The molecule has 1 unspecified atom stereocenters. The van der Waals surface area contributed by atoms with Gasteiger partial charge in [-0.25, -0.2) is 13.2 Å². The van der Waals surface area contributed by atoms with Crippen molar-refractivity contribution in [2.75, 3.05) is 19.7 Å². The normalized spacial score (nSPS) is 20.5. The van der Waals surface area contributed by atoms with Crippen LogP contribution in [-0.4, -0.2) is 49.6 Å². The van der Waals surface area contributed by atoms with Gasteiger partial charge in [0.05, 0.1) is 19.2 Å². The number of nitrogens with zero attached hydrogens (tertiary/aromatic N) is 2. The molecule has 1 atom stereocenters. The summed E-state index contributed by atoms with van der Waals surface area (Å²) in [5.41, 5.74) is 0. The molecule has 1 fully saturated rings. The van der Waals surface area contributed by atoms with Gasteiger partial charge in [0, 0.05) is 12.6 Å². The molecule has 10 heteroatoms. The maximum absolute atomic E-state index is 12.4. The smallest absolute Gasteiger partial charge is 0.371 e. The summed E-state index contributed by atoms with van der Waals surface area (Å²) in [5, 5.41) is 17.6. The predicted octanol–water partition coefficient (Wildman–Crippen LogP) is 0.653. The first-order valence-electron chi connectivity index (χ1n) is 5.40. The number of hydrogen-bond donors (Lipinski definition) is 1. The van der Waals surface area contributed by atoms with Crippen LogP contribution in [0.4, 0.5) is 0 Å². The largest absolute Gasteiger partial charge is 0.475 e. The van der Waals surface area contributed by atoms with Crippen molar-refractivity contribution in [3.8, 4) is 6.07 Å². The molecule has 2 rings (SSSR count). The number of aromatic carboxylic acids is 1. The molecule has 0 spiro atoms. The molecule has 1 N–H and O–H groups in total. The molecule has 8 nitrogen and oxygen atoms in total. The van der Waals surface area contributed by atoms with Crippen LogP contribution in [0.3, 0.4) is 0 Å². The Kier molecular flexibility index (Phi) is 4.14. The van der Waals surface area contributed by atoms with Crippen molar-refractivity contribution >= 4 is 31.9 Å². The highest BCUT2D eigenvalue weighted by molar-refractivity contribution is 9.10. The zero-order valence-corrected chi connectivity index (χ0v) is 12.3. The van der Waals surface area contributed by atoms with Gasteiger partial charge in [-0.15, -0.1) is 0 Å². The lowest BCUT2D eigenvalue weighted by molar-refractivity contribution is 0.0311. The Morgan fingerprint density at radius 3 is 2.85 bits per heavy atom. The number of carboxylic acids is 1. The van der Waals surface area contributed by atoms with Crippen LogP contribution in [0.5, 0.6) is 0 Å². The number of carbonyl (C=O) groups is 1. The van der Waals surface area contributed by atoms with Gasteiger partial charge in [0.25, 0.3) is 0 Å². The second-order valence-electron chi connectivity index (χ2n) is 3.91. The first-order valence-corrected chi connectivity index (χ1v) is 7.63. The third kappa shape index (κ3) is 2.71. The van der Waals surface area contributed by atoms with E-state index in [0.29, 0.717) is 0 Å². The summed E-state index contributed by atoms with van der Waals surface area (Å²) < 4.78 is 35.5. The SMILES string of the molecule is N#CC1CN(S(=O)(=O)c2cc(C(=O)O)oc2Br)CCO1. The molecular weight excluding hydrogens is 356 g/mol. The molecule has 0 bridgehead atoms. The zero-order chi connectivity index (χ0) is 14.9. The lowest BCUT2D eigenvalue weighted by atomic mass is 10.3. The second kappa shape index (κ2) is 5.53. The van der Waals surface area contributed by atoms with E-state index < -0.39 is 27.9 Å². The molecular formula is C10H9BrN2O6S. The third-order valence-corrected chi connectivity index (χ3v) is 5.38. The van der Waals surface area contributed by atoms with Gasteiger partial charge in [0.1, 0.15) is 4.90 Å². The van der Waals surface area contributed by atoms with Crippen LogP contribution in [0.25, 0.3) is 0 Å². The van der Waals surface area contributed by atoms with E-state index in [1.165, 1.54) is 0 Å². The van der Waals surface area contributed by atoms with Crippen LogP contribution in [0, 0.1) is 11.3 Å². The van der Waals surface area contributed by atoms with E-state index >= 15 is 0 Å². The minimum atomic E-state index is -3.95. The molecule has 0 aliphatic carbocycles. The van der Waals surface area contributed by atoms with Crippen molar-refractivity contribution in [1.82, 2.24) is 4.31 Å². The summed E-state index contributed by atoms with van der Waals surface area (Å²) in [6, 6.07) is 2.77. The Morgan fingerprint density at radius 2 is 2.30 bits per heavy atom. The van der Waals surface area contributed by atoms with E-state index in [2.05, 4.69) is 15.9 Å². The van der Waals surface area contributed by atoms with Gasteiger partial charge >= 0.3 is 5.97 Å². The minimum Gasteiger partial charge on any atom is -0.475 e. The van der Waals surface area contributed by atoms with Crippen molar-refractivity contribution in [2.24, 2.45) is 0 Å².